The molecule has 5 heteroatoms. The summed E-state index contributed by atoms with van der Waals surface area (Å²) in [6.45, 7) is 2.05. The smallest absolute Gasteiger partial charge is 0.253 e. The quantitative estimate of drug-likeness (QED) is 0.899. The Kier molecular flexibility index (Phi) is 5.19. The molecule has 2 atom stereocenters. The molecule has 1 aliphatic carbocycles. The maximum Gasteiger partial charge on any atom is 0.253 e. The zero-order valence-electron chi connectivity index (χ0n) is 14.3. The zero-order valence-corrected chi connectivity index (χ0v) is 14.3. The highest BCUT2D eigenvalue weighted by Gasteiger charge is 2.27. The van der Waals surface area contributed by atoms with Gasteiger partial charge in [-0.2, -0.15) is 0 Å². The molecule has 2 fully saturated rings. The lowest BCUT2D eigenvalue weighted by Crippen LogP contribution is -2.34. The van der Waals surface area contributed by atoms with Crippen LogP contribution in [0, 0.1) is 5.92 Å². The van der Waals surface area contributed by atoms with Gasteiger partial charge in [0.2, 0.25) is 5.91 Å². The van der Waals surface area contributed by atoms with Gasteiger partial charge in [-0.1, -0.05) is 18.6 Å². The summed E-state index contributed by atoms with van der Waals surface area (Å²) in [5.74, 6) is 0.391. The highest BCUT2D eigenvalue weighted by Crippen LogP contribution is 2.26. The van der Waals surface area contributed by atoms with E-state index in [1.165, 1.54) is 0 Å². The Bertz CT molecular complexity index is 599. The number of carbonyl (C=O) groups excluding carboxylic acids is 2. The number of benzene rings is 1. The van der Waals surface area contributed by atoms with Crippen molar-refractivity contribution < 1.29 is 14.7 Å². The lowest BCUT2D eigenvalue weighted by Gasteiger charge is -2.23. The van der Waals surface area contributed by atoms with Crippen molar-refractivity contribution in [2.45, 2.75) is 44.8 Å². The predicted molar refractivity (Wildman–Crippen MR) is 91.4 cm³/mol. The predicted octanol–water partition coefficient (Wildman–Crippen LogP) is 2.04. The number of rotatable bonds is 5. The fourth-order valence-corrected chi connectivity index (χ4v) is 3.73. The number of hydrogen-bond donors (Lipinski definition) is 1. The van der Waals surface area contributed by atoms with E-state index < -0.39 is 0 Å². The Hall–Kier alpha value is -1.88. The van der Waals surface area contributed by atoms with E-state index >= 15 is 0 Å². The molecule has 2 unspecified atom stereocenters. The maximum absolute atomic E-state index is 12.5. The van der Waals surface area contributed by atoms with E-state index in [0.717, 1.165) is 37.8 Å². The van der Waals surface area contributed by atoms with Crippen molar-refractivity contribution in [1.82, 2.24) is 9.80 Å². The van der Waals surface area contributed by atoms with E-state index in [0.29, 0.717) is 25.1 Å². The molecule has 1 N–H and O–H groups in total. The van der Waals surface area contributed by atoms with Crippen LogP contribution in [0.2, 0.25) is 0 Å². The Labute approximate surface area is 143 Å². The Morgan fingerprint density at radius 3 is 2.58 bits per heavy atom. The normalized spacial score (nSPS) is 23.8. The second kappa shape index (κ2) is 7.34. The van der Waals surface area contributed by atoms with Crippen molar-refractivity contribution in [3.05, 3.63) is 35.4 Å². The molecule has 3 rings (SSSR count). The second-order valence-electron chi connectivity index (χ2n) is 7.06. The van der Waals surface area contributed by atoms with Crippen LogP contribution in [0.4, 0.5) is 0 Å². The van der Waals surface area contributed by atoms with Gasteiger partial charge in [-0.05, 0) is 37.0 Å². The molecule has 2 aliphatic rings. The van der Waals surface area contributed by atoms with E-state index in [9.17, 15) is 14.7 Å². The van der Waals surface area contributed by atoms with Crippen molar-refractivity contribution in [2.75, 3.05) is 20.1 Å². The average molecular weight is 330 g/mol. The third-order valence-electron chi connectivity index (χ3n) is 5.22. The summed E-state index contributed by atoms with van der Waals surface area (Å²) >= 11 is 0. The molecule has 1 aliphatic heterocycles. The number of carbonyl (C=O) groups is 2. The van der Waals surface area contributed by atoms with Crippen LogP contribution < -0.4 is 0 Å². The summed E-state index contributed by atoms with van der Waals surface area (Å²) in [5.41, 5.74) is 1.71. The largest absolute Gasteiger partial charge is 0.393 e. The molecule has 1 saturated carbocycles. The van der Waals surface area contributed by atoms with Crippen LogP contribution in [0.15, 0.2) is 24.3 Å². The Morgan fingerprint density at radius 1 is 1.25 bits per heavy atom. The molecule has 1 saturated heterocycles. The summed E-state index contributed by atoms with van der Waals surface area (Å²) in [5, 5.41) is 9.91. The van der Waals surface area contributed by atoms with Crippen LogP contribution in [0.5, 0.6) is 0 Å². The molecule has 1 heterocycles. The Morgan fingerprint density at radius 2 is 2.00 bits per heavy atom. The molecule has 130 valence electrons. The topological polar surface area (TPSA) is 60.9 Å². The molecule has 2 amide bonds. The van der Waals surface area contributed by atoms with Gasteiger partial charge in [-0.15, -0.1) is 0 Å². The molecule has 1 aromatic carbocycles. The van der Waals surface area contributed by atoms with Crippen LogP contribution in [-0.4, -0.2) is 53.0 Å². The van der Waals surface area contributed by atoms with Crippen LogP contribution in [0.3, 0.4) is 0 Å². The molecule has 5 nitrogen and oxygen atoms in total. The molecular weight excluding hydrogens is 304 g/mol. The molecule has 1 aromatic rings. The molecule has 0 spiro atoms. The van der Waals surface area contributed by atoms with E-state index in [1.807, 2.05) is 29.2 Å². The lowest BCUT2D eigenvalue weighted by atomic mass is 10.0. The van der Waals surface area contributed by atoms with Crippen LogP contribution in [0.1, 0.15) is 48.0 Å². The van der Waals surface area contributed by atoms with E-state index in [1.54, 1.807) is 11.9 Å². The van der Waals surface area contributed by atoms with Crippen molar-refractivity contribution in [3.8, 4) is 0 Å². The summed E-state index contributed by atoms with van der Waals surface area (Å²) in [6, 6.07) is 7.52. The van der Waals surface area contributed by atoms with Crippen molar-refractivity contribution >= 4 is 11.8 Å². The number of aliphatic hydroxyl groups excluding tert-OH is 1. The minimum Gasteiger partial charge on any atom is -0.393 e. The fraction of sp³-hybridized carbons (Fsp3) is 0.579. The third kappa shape index (κ3) is 3.78. The first-order valence-corrected chi connectivity index (χ1v) is 8.85. The van der Waals surface area contributed by atoms with Gasteiger partial charge in [0, 0.05) is 44.6 Å². The summed E-state index contributed by atoms with van der Waals surface area (Å²) in [4.78, 5) is 27.8. The minimum atomic E-state index is -0.277. The molecular formula is C19H26N2O3. The third-order valence-corrected chi connectivity index (χ3v) is 5.22. The van der Waals surface area contributed by atoms with Gasteiger partial charge in [0.05, 0.1) is 6.10 Å². The summed E-state index contributed by atoms with van der Waals surface area (Å²) in [6.07, 6.45) is 4.18. The van der Waals surface area contributed by atoms with E-state index in [2.05, 4.69) is 0 Å². The zero-order chi connectivity index (χ0) is 17.1. The standard InChI is InChI=1S/C19H26N2O3/c1-20(13-16-4-2-5-17(16)22)19(24)15-9-7-14(8-10-15)12-21-11-3-6-18(21)23/h7-10,16-17,22H,2-6,11-13H2,1H3. The summed E-state index contributed by atoms with van der Waals surface area (Å²) < 4.78 is 0. The van der Waals surface area contributed by atoms with Gasteiger partial charge in [0.25, 0.3) is 5.91 Å². The second-order valence-corrected chi connectivity index (χ2v) is 7.06. The van der Waals surface area contributed by atoms with Crippen molar-refractivity contribution in [1.29, 1.82) is 0 Å². The first-order chi connectivity index (χ1) is 11.5. The number of nitrogens with zero attached hydrogens (tertiary/aromatic N) is 2. The monoisotopic (exact) mass is 330 g/mol. The van der Waals surface area contributed by atoms with Gasteiger partial charge in [-0.3, -0.25) is 9.59 Å². The number of aliphatic hydroxyl groups is 1. The SMILES string of the molecule is CN(CC1CCCC1O)C(=O)c1ccc(CN2CCCC2=O)cc1. The van der Waals surface area contributed by atoms with E-state index in [4.69, 9.17) is 0 Å². The van der Waals surface area contributed by atoms with Gasteiger partial charge in [0.15, 0.2) is 0 Å². The highest BCUT2D eigenvalue weighted by atomic mass is 16.3. The molecule has 0 bridgehead atoms. The number of amides is 2. The van der Waals surface area contributed by atoms with Crippen LogP contribution >= 0.6 is 0 Å². The number of likely N-dealkylation sites (tertiary alicyclic amines) is 1. The van der Waals surface area contributed by atoms with Crippen LogP contribution in [0.25, 0.3) is 0 Å². The van der Waals surface area contributed by atoms with Gasteiger partial charge >= 0.3 is 0 Å². The first-order valence-electron chi connectivity index (χ1n) is 8.85. The molecule has 0 aromatic heterocycles. The molecule has 0 radical (unpaired) electrons. The number of hydrogen-bond acceptors (Lipinski definition) is 3. The minimum absolute atomic E-state index is 0.0158. The van der Waals surface area contributed by atoms with Gasteiger partial charge in [0.1, 0.15) is 0 Å². The van der Waals surface area contributed by atoms with Crippen LogP contribution in [-0.2, 0) is 11.3 Å². The maximum atomic E-state index is 12.5. The van der Waals surface area contributed by atoms with Gasteiger partial charge in [-0.25, -0.2) is 0 Å². The fourth-order valence-electron chi connectivity index (χ4n) is 3.73. The summed E-state index contributed by atoms with van der Waals surface area (Å²) in [7, 11) is 1.80. The Balaban J connectivity index is 1.57. The lowest BCUT2D eigenvalue weighted by molar-refractivity contribution is -0.128. The van der Waals surface area contributed by atoms with Gasteiger partial charge < -0.3 is 14.9 Å². The highest BCUT2D eigenvalue weighted by molar-refractivity contribution is 5.94. The average Bonchev–Trinajstić information content (AvgIpc) is 3.16. The molecule has 24 heavy (non-hydrogen) atoms. The first kappa shape index (κ1) is 17.0. The van der Waals surface area contributed by atoms with E-state index in [-0.39, 0.29) is 23.8 Å². The van der Waals surface area contributed by atoms with Crippen molar-refractivity contribution in [2.24, 2.45) is 5.92 Å². The van der Waals surface area contributed by atoms with Crippen molar-refractivity contribution in [3.63, 3.8) is 0 Å².